The van der Waals surface area contributed by atoms with Crippen molar-refractivity contribution < 1.29 is 14.6 Å². The summed E-state index contributed by atoms with van der Waals surface area (Å²) in [4.78, 5) is 11.5. The van der Waals surface area contributed by atoms with Crippen LogP contribution in [0, 0.1) is 0 Å². The van der Waals surface area contributed by atoms with Crippen LogP contribution in [-0.2, 0) is 9.53 Å². The van der Waals surface area contributed by atoms with Gasteiger partial charge in [-0.1, -0.05) is 0 Å². The standard InChI is InChI=1S/C10H18N2O3/c1-9(5-11-6-9)15-4-8(14)12-10(7-13)2-3-10/h11,13H,2-7H2,1H3,(H,12,14). The average molecular weight is 214 g/mol. The number of aliphatic hydroxyl groups is 1. The molecule has 0 radical (unpaired) electrons. The first kappa shape index (κ1) is 10.9. The van der Waals surface area contributed by atoms with Gasteiger partial charge in [0.05, 0.1) is 17.7 Å². The van der Waals surface area contributed by atoms with Gasteiger partial charge in [0.15, 0.2) is 0 Å². The van der Waals surface area contributed by atoms with E-state index in [4.69, 9.17) is 9.84 Å². The van der Waals surface area contributed by atoms with Crippen LogP contribution in [0.4, 0.5) is 0 Å². The Kier molecular flexibility index (Phi) is 2.70. The van der Waals surface area contributed by atoms with Crippen molar-refractivity contribution in [2.24, 2.45) is 0 Å². The van der Waals surface area contributed by atoms with Crippen LogP contribution in [0.2, 0.25) is 0 Å². The summed E-state index contributed by atoms with van der Waals surface area (Å²) in [6.45, 7) is 3.68. The van der Waals surface area contributed by atoms with Crippen molar-refractivity contribution in [2.45, 2.75) is 30.9 Å². The van der Waals surface area contributed by atoms with Gasteiger partial charge in [0.1, 0.15) is 6.61 Å². The zero-order valence-electron chi connectivity index (χ0n) is 9.01. The van der Waals surface area contributed by atoms with Gasteiger partial charge in [-0.05, 0) is 19.8 Å². The molecule has 3 N–H and O–H groups in total. The molecule has 0 aromatic rings. The fourth-order valence-corrected chi connectivity index (χ4v) is 1.62. The van der Waals surface area contributed by atoms with Gasteiger partial charge >= 0.3 is 0 Å². The van der Waals surface area contributed by atoms with Crippen molar-refractivity contribution >= 4 is 5.91 Å². The molecule has 0 spiro atoms. The second-order valence-electron chi connectivity index (χ2n) is 4.83. The highest BCUT2D eigenvalue weighted by molar-refractivity contribution is 5.78. The van der Waals surface area contributed by atoms with Gasteiger partial charge < -0.3 is 20.5 Å². The Morgan fingerprint density at radius 3 is 2.60 bits per heavy atom. The molecule has 86 valence electrons. The van der Waals surface area contributed by atoms with Crippen LogP contribution in [0.15, 0.2) is 0 Å². The van der Waals surface area contributed by atoms with E-state index in [0.29, 0.717) is 0 Å². The van der Waals surface area contributed by atoms with Crippen molar-refractivity contribution in [1.82, 2.24) is 10.6 Å². The van der Waals surface area contributed by atoms with E-state index in [0.717, 1.165) is 25.9 Å². The monoisotopic (exact) mass is 214 g/mol. The molecule has 0 aromatic heterocycles. The van der Waals surface area contributed by atoms with Crippen LogP contribution in [0.5, 0.6) is 0 Å². The number of hydrogen-bond donors (Lipinski definition) is 3. The second-order valence-corrected chi connectivity index (χ2v) is 4.83. The summed E-state index contributed by atoms with van der Waals surface area (Å²) in [6, 6.07) is 0. The Morgan fingerprint density at radius 1 is 1.53 bits per heavy atom. The smallest absolute Gasteiger partial charge is 0.246 e. The van der Waals surface area contributed by atoms with Gasteiger partial charge in [-0.15, -0.1) is 0 Å². The quantitative estimate of drug-likeness (QED) is 0.549. The number of aliphatic hydroxyl groups excluding tert-OH is 1. The molecule has 5 heteroatoms. The number of rotatable bonds is 5. The molecule has 1 saturated heterocycles. The summed E-state index contributed by atoms with van der Waals surface area (Å²) in [5.74, 6) is -0.130. The number of nitrogens with one attached hydrogen (secondary N) is 2. The average Bonchev–Trinajstić information content (AvgIpc) is 2.92. The van der Waals surface area contributed by atoms with E-state index in [1.165, 1.54) is 0 Å². The molecule has 0 unspecified atom stereocenters. The zero-order chi connectivity index (χ0) is 10.9. The van der Waals surface area contributed by atoms with Crippen molar-refractivity contribution in [3.05, 3.63) is 0 Å². The van der Waals surface area contributed by atoms with Crippen LogP contribution in [-0.4, -0.2) is 48.5 Å². The fraction of sp³-hybridized carbons (Fsp3) is 0.900. The molecule has 1 saturated carbocycles. The Bertz CT molecular complexity index is 259. The molecule has 2 rings (SSSR count). The van der Waals surface area contributed by atoms with Crippen molar-refractivity contribution in [1.29, 1.82) is 0 Å². The molecule has 1 aliphatic carbocycles. The van der Waals surface area contributed by atoms with E-state index >= 15 is 0 Å². The molecular formula is C10H18N2O3. The van der Waals surface area contributed by atoms with E-state index in [-0.39, 0.29) is 30.3 Å². The lowest BCUT2D eigenvalue weighted by molar-refractivity contribution is -0.137. The summed E-state index contributed by atoms with van der Waals surface area (Å²) >= 11 is 0. The third-order valence-electron chi connectivity index (χ3n) is 3.11. The lowest BCUT2D eigenvalue weighted by Crippen LogP contribution is -2.60. The van der Waals surface area contributed by atoms with Gasteiger partial charge in [0.2, 0.25) is 5.91 Å². The lowest BCUT2D eigenvalue weighted by atomic mass is 10.0. The number of hydrogen-bond acceptors (Lipinski definition) is 4. The first-order chi connectivity index (χ1) is 7.08. The normalized spacial score (nSPS) is 25.5. The largest absolute Gasteiger partial charge is 0.394 e. The summed E-state index contributed by atoms with van der Waals surface area (Å²) in [5.41, 5.74) is -0.521. The molecule has 1 aliphatic heterocycles. The fourth-order valence-electron chi connectivity index (χ4n) is 1.62. The highest BCUT2D eigenvalue weighted by atomic mass is 16.5. The van der Waals surface area contributed by atoms with Gasteiger partial charge in [0.25, 0.3) is 0 Å². The SMILES string of the molecule is CC1(OCC(=O)NC2(CO)CC2)CNC1. The number of amides is 1. The van der Waals surface area contributed by atoms with Crippen LogP contribution in [0.3, 0.4) is 0 Å². The van der Waals surface area contributed by atoms with E-state index in [9.17, 15) is 4.79 Å². The zero-order valence-corrected chi connectivity index (χ0v) is 9.01. The molecule has 15 heavy (non-hydrogen) atoms. The topological polar surface area (TPSA) is 70.6 Å². The minimum atomic E-state index is -0.334. The highest BCUT2D eigenvalue weighted by Gasteiger charge is 2.43. The molecular weight excluding hydrogens is 196 g/mol. The molecule has 0 bridgehead atoms. The van der Waals surface area contributed by atoms with Crippen LogP contribution in [0.1, 0.15) is 19.8 Å². The van der Waals surface area contributed by atoms with Crippen LogP contribution < -0.4 is 10.6 Å². The van der Waals surface area contributed by atoms with Gasteiger partial charge in [0, 0.05) is 13.1 Å². The predicted octanol–water partition coefficient (Wildman–Crippen LogP) is -0.994. The van der Waals surface area contributed by atoms with Gasteiger partial charge in [-0.2, -0.15) is 0 Å². The highest BCUT2D eigenvalue weighted by Crippen LogP contribution is 2.34. The number of ether oxygens (including phenoxy) is 1. The number of carbonyl (C=O) groups excluding carboxylic acids is 1. The maximum atomic E-state index is 11.5. The molecule has 5 nitrogen and oxygen atoms in total. The summed E-state index contributed by atoms with van der Waals surface area (Å²) in [5, 5.41) is 14.9. The minimum Gasteiger partial charge on any atom is -0.394 e. The summed E-state index contributed by atoms with van der Waals surface area (Å²) in [7, 11) is 0. The third-order valence-corrected chi connectivity index (χ3v) is 3.11. The van der Waals surface area contributed by atoms with E-state index in [1.54, 1.807) is 0 Å². The van der Waals surface area contributed by atoms with Crippen LogP contribution in [0.25, 0.3) is 0 Å². The van der Waals surface area contributed by atoms with Crippen LogP contribution >= 0.6 is 0 Å². The Hall–Kier alpha value is -0.650. The van der Waals surface area contributed by atoms with E-state index in [1.807, 2.05) is 6.92 Å². The molecule has 2 aliphatic rings. The van der Waals surface area contributed by atoms with E-state index < -0.39 is 0 Å². The van der Waals surface area contributed by atoms with Crippen molar-refractivity contribution in [3.8, 4) is 0 Å². The Labute approximate surface area is 89.2 Å². The minimum absolute atomic E-state index is 0.0254. The predicted molar refractivity (Wildman–Crippen MR) is 54.4 cm³/mol. The third kappa shape index (κ3) is 2.48. The van der Waals surface area contributed by atoms with E-state index in [2.05, 4.69) is 10.6 Å². The first-order valence-corrected chi connectivity index (χ1v) is 5.34. The summed E-state index contributed by atoms with van der Waals surface area (Å²) in [6.07, 6.45) is 1.74. The maximum Gasteiger partial charge on any atom is 0.246 e. The van der Waals surface area contributed by atoms with Crippen molar-refractivity contribution in [3.63, 3.8) is 0 Å². The molecule has 0 atom stereocenters. The van der Waals surface area contributed by atoms with Crippen molar-refractivity contribution in [2.75, 3.05) is 26.3 Å². The first-order valence-electron chi connectivity index (χ1n) is 5.34. The van der Waals surface area contributed by atoms with Gasteiger partial charge in [-0.3, -0.25) is 4.79 Å². The molecule has 0 aromatic carbocycles. The number of carbonyl (C=O) groups is 1. The second kappa shape index (κ2) is 3.73. The lowest BCUT2D eigenvalue weighted by Gasteiger charge is -2.38. The molecule has 1 heterocycles. The molecule has 2 fully saturated rings. The Balaban J connectivity index is 1.69. The van der Waals surface area contributed by atoms with Gasteiger partial charge in [-0.25, -0.2) is 0 Å². The molecule has 1 amide bonds. The summed E-state index contributed by atoms with van der Waals surface area (Å²) < 4.78 is 5.49. The maximum absolute atomic E-state index is 11.5. The Morgan fingerprint density at radius 2 is 2.20 bits per heavy atom.